The summed E-state index contributed by atoms with van der Waals surface area (Å²) in [6.45, 7) is 1.62. The maximum absolute atomic E-state index is 12.7. The molecule has 0 spiro atoms. The van der Waals surface area contributed by atoms with E-state index < -0.39 is 10.0 Å². The summed E-state index contributed by atoms with van der Waals surface area (Å²) in [6, 6.07) is 6.00. The molecule has 2 heterocycles. The molecule has 4 rings (SSSR count). The first-order valence-corrected chi connectivity index (χ1v) is 14.9. The lowest BCUT2D eigenvalue weighted by molar-refractivity contribution is -0.132. The third-order valence-electron chi connectivity index (χ3n) is 6.71. The molecule has 1 aliphatic heterocycles. The van der Waals surface area contributed by atoms with Gasteiger partial charge in [-0.1, -0.05) is 23.2 Å². The average Bonchev–Trinajstić information content (AvgIpc) is 2.93. The second-order valence-corrected chi connectivity index (χ2v) is 12.7. The second kappa shape index (κ2) is 10.8. The van der Waals surface area contributed by atoms with Crippen molar-refractivity contribution < 1.29 is 13.2 Å². The Labute approximate surface area is 219 Å². The van der Waals surface area contributed by atoms with Gasteiger partial charge in [0.1, 0.15) is 0 Å². The van der Waals surface area contributed by atoms with Gasteiger partial charge in [-0.15, -0.1) is 0 Å². The van der Waals surface area contributed by atoms with Crippen LogP contribution in [0.2, 0.25) is 10.0 Å². The van der Waals surface area contributed by atoms with E-state index in [1.165, 1.54) is 11.1 Å². The monoisotopic (exact) mass is 587 g/mol. The van der Waals surface area contributed by atoms with Crippen LogP contribution in [0.15, 0.2) is 28.9 Å². The number of sulfonamides is 1. The Kier molecular flexibility index (Phi) is 8.24. The Balaban J connectivity index is 1.51. The molecule has 0 bridgehead atoms. The van der Waals surface area contributed by atoms with E-state index >= 15 is 0 Å². The van der Waals surface area contributed by atoms with E-state index in [0.717, 1.165) is 47.7 Å². The molecule has 0 radical (unpaired) electrons. The Morgan fingerprint density at radius 2 is 1.88 bits per heavy atom. The fourth-order valence-electron chi connectivity index (χ4n) is 5.17. The number of benzene rings is 1. The number of nitrogens with zero attached hydrogens (tertiary/aromatic N) is 2. The van der Waals surface area contributed by atoms with Crippen LogP contribution in [0.4, 0.5) is 0 Å². The van der Waals surface area contributed by atoms with Crippen LogP contribution in [0.5, 0.6) is 0 Å². The van der Waals surface area contributed by atoms with E-state index in [0.29, 0.717) is 41.9 Å². The van der Waals surface area contributed by atoms with Crippen molar-refractivity contribution in [1.29, 1.82) is 0 Å². The molecule has 2 aromatic rings. The maximum Gasteiger partial charge on any atom is 0.222 e. The van der Waals surface area contributed by atoms with Gasteiger partial charge in [0, 0.05) is 52.7 Å². The third kappa shape index (κ3) is 6.13. The first kappa shape index (κ1) is 25.9. The van der Waals surface area contributed by atoms with Gasteiger partial charge < -0.3 is 4.90 Å². The van der Waals surface area contributed by atoms with Crippen molar-refractivity contribution in [2.75, 3.05) is 25.9 Å². The van der Waals surface area contributed by atoms with Crippen molar-refractivity contribution in [2.45, 2.75) is 44.4 Å². The molecule has 1 saturated heterocycles. The fourth-order valence-corrected chi connectivity index (χ4v) is 6.71. The van der Waals surface area contributed by atoms with Gasteiger partial charge in [-0.05, 0) is 88.8 Å². The highest BCUT2D eigenvalue weighted by atomic mass is 79.9. The highest BCUT2D eigenvalue weighted by Gasteiger charge is 2.36. The van der Waals surface area contributed by atoms with Crippen LogP contribution >= 0.6 is 39.1 Å². The number of pyridine rings is 1. The van der Waals surface area contributed by atoms with Crippen LogP contribution < -0.4 is 4.72 Å². The molecule has 0 saturated carbocycles. The topological polar surface area (TPSA) is 79.4 Å². The van der Waals surface area contributed by atoms with Crippen LogP contribution in [0.1, 0.15) is 54.0 Å². The van der Waals surface area contributed by atoms with Crippen molar-refractivity contribution in [3.63, 3.8) is 0 Å². The first-order valence-electron chi connectivity index (χ1n) is 11.5. The van der Waals surface area contributed by atoms with Crippen LogP contribution in [0.3, 0.4) is 0 Å². The van der Waals surface area contributed by atoms with E-state index in [4.69, 9.17) is 28.2 Å². The van der Waals surface area contributed by atoms with E-state index in [9.17, 15) is 13.2 Å². The standard InChI is InChI=1S/C24H28BrCl2N3O3S/c1-34(32,33)29-8-2-3-21(31)30-9-6-15(7-10-30)23-22-16(12-19(26)13-20(22)27)4-5-17-11-18(25)14-28-24(17)23/h11-15,23,29H,2-10H2,1H3. The van der Waals surface area contributed by atoms with Crippen molar-refractivity contribution >= 4 is 55.1 Å². The molecule has 1 amide bonds. The molecule has 34 heavy (non-hydrogen) atoms. The van der Waals surface area contributed by atoms with Gasteiger partial charge in [0.15, 0.2) is 0 Å². The number of halogens is 3. The van der Waals surface area contributed by atoms with Gasteiger partial charge in [0.05, 0.1) is 11.9 Å². The molecule has 1 aliphatic carbocycles. The van der Waals surface area contributed by atoms with Crippen molar-refractivity contribution in [3.05, 3.63) is 61.3 Å². The first-order chi connectivity index (χ1) is 16.1. The Bertz CT molecular complexity index is 1180. The van der Waals surface area contributed by atoms with Crippen molar-refractivity contribution in [1.82, 2.24) is 14.6 Å². The van der Waals surface area contributed by atoms with Crippen molar-refractivity contribution in [3.8, 4) is 0 Å². The Morgan fingerprint density at radius 3 is 2.59 bits per heavy atom. The van der Waals surface area contributed by atoms with E-state index in [2.05, 4.69) is 26.7 Å². The number of carbonyl (C=O) groups is 1. The summed E-state index contributed by atoms with van der Waals surface area (Å²) in [6.07, 6.45) is 7.24. The SMILES string of the molecule is CS(=O)(=O)NCCCC(=O)N1CCC(C2c3ncc(Br)cc3CCc3cc(Cl)cc(Cl)c32)CC1. The predicted octanol–water partition coefficient (Wildman–Crippen LogP) is 4.95. The molecule has 1 unspecified atom stereocenters. The molecule has 2 aliphatic rings. The van der Waals surface area contributed by atoms with Gasteiger partial charge in [-0.25, -0.2) is 13.1 Å². The number of amides is 1. The number of aromatic nitrogens is 1. The third-order valence-corrected chi connectivity index (χ3v) is 8.41. The molecule has 6 nitrogen and oxygen atoms in total. The molecule has 10 heteroatoms. The Morgan fingerprint density at radius 1 is 1.18 bits per heavy atom. The van der Waals surface area contributed by atoms with E-state index in [1.54, 1.807) is 0 Å². The highest BCUT2D eigenvalue weighted by molar-refractivity contribution is 9.10. The summed E-state index contributed by atoms with van der Waals surface area (Å²) < 4.78 is 25.8. The molecule has 1 aromatic carbocycles. The molecule has 1 fully saturated rings. The summed E-state index contributed by atoms with van der Waals surface area (Å²) in [5, 5.41) is 1.33. The van der Waals surface area contributed by atoms with Gasteiger partial charge in [0.2, 0.25) is 15.9 Å². The Hall–Kier alpha value is -1.19. The number of carbonyl (C=O) groups excluding carboxylic acids is 1. The van der Waals surface area contributed by atoms with Crippen LogP contribution in [0, 0.1) is 5.92 Å². The number of piperidine rings is 1. The largest absolute Gasteiger partial charge is 0.343 e. The van der Waals surface area contributed by atoms with Crippen LogP contribution in [-0.4, -0.2) is 50.1 Å². The second-order valence-electron chi connectivity index (χ2n) is 9.12. The summed E-state index contributed by atoms with van der Waals surface area (Å²) >= 11 is 16.7. The molecular formula is C24H28BrCl2N3O3S. The number of aryl methyl sites for hydroxylation is 2. The lowest BCUT2D eigenvalue weighted by Crippen LogP contribution is -2.40. The normalized spacial score (nSPS) is 18.8. The number of likely N-dealkylation sites (tertiary alicyclic amines) is 1. The van der Waals surface area contributed by atoms with E-state index in [-0.39, 0.29) is 18.4 Å². The minimum absolute atomic E-state index is 0.0570. The summed E-state index contributed by atoms with van der Waals surface area (Å²) in [7, 11) is -3.23. The number of hydrogen-bond acceptors (Lipinski definition) is 4. The predicted molar refractivity (Wildman–Crippen MR) is 139 cm³/mol. The minimum atomic E-state index is -3.23. The van der Waals surface area contributed by atoms with Gasteiger partial charge in [0.25, 0.3) is 0 Å². The molecular weight excluding hydrogens is 561 g/mol. The zero-order chi connectivity index (χ0) is 24.5. The fraction of sp³-hybridized carbons (Fsp3) is 0.500. The number of hydrogen-bond donors (Lipinski definition) is 1. The lowest BCUT2D eigenvalue weighted by atomic mass is 9.76. The molecule has 1 atom stereocenters. The van der Waals surface area contributed by atoms with Gasteiger partial charge in [-0.2, -0.15) is 0 Å². The molecule has 1 N–H and O–H groups in total. The maximum atomic E-state index is 12.7. The number of rotatable bonds is 6. The highest BCUT2D eigenvalue weighted by Crippen LogP contribution is 2.46. The summed E-state index contributed by atoms with van der Waals surface area (Å²) in [5.74, 6) is 0.433. The van der Waals surface area contributed by atoms with Crippen LogP contribution in [0.25, 0.3) is 0 Å². The number of nitrogens with one attached hydrogen (secondary N) is 1. The van der Waals surface area contributed by atoms with Crippen LogP contribution in [-0.2, 0) is 27.7 Å². The quantitative estimate of drug-likeness (QED) is 0.484. The van der Waals surface area contributed by atoms with Gasteiger partial charge in [-0.3, -0.25) is 9.78 Å². The smallest absolute Gasteiger partial charge is 0.222 e. The van der Waals surface area contributed by atoms with E-state index in [1.807, 2.05) is 23.2 Å². The summed E-state index contributed by atoms with van der Waals surface area (Å²) in [5.41, 5.74) is 4.59. The zero-order valence-corrected chi connectivity index (χ0v) is 22.9. The summed E-state index contributed by atoms with van der Waals surface area (Å²) in [4.78, 5) is 19.4. The molecule has 1 aromatic heterocycles. The molecule has 184 valence electrons. The average molecular weight is 589 g/mol. The zero-order valence-electron chi connectivity index (χ0n) is 19.0. The lowest BCUT2D eigenvalue weighted by Gasteiger charge is -2.37. The van der Waals surface area contributed by atoms with Crippen molar-refractivity contribution in [2.24, 2.45) is 5.92 Å². The number of fused-ring (bicyclic) bond motifs is 2. The van der Waals surface area contributed by atoms with Gasteiger partial charge >= 0.3 is 0 Å². The minimum Gasteiger partial charge on any atom is -0.343 e.